The molecule has 4 nitrogen and oxygen atoms in total. The van der Waals surface area contributed by atoms with Gasteiger partial charge in [-0.15, -0.1) is 0 Å². The zero-order valence-electron chi connectivity index (χ0n) is 12.1. The first kappa shape index (κ1) is 15.1. The van der Waals surface area contributed by atoms with Gasteiger partial charge in [0.1, 0.15) is 17.6 Å². The Bertz CT molecular complexity index is 604. The molecule has 0 bridgehead atoms. The molecule has 0 spiro atoms. The van der Waals surface area contributed by atoms with Gasteiger partial charge in [0, 0.05) is 19.1 Å². The van der Waals surface area contributed by atoms with E-state index >= 15 is 0 Å². The number of para-hydroxylation sites is 1. The lowest BCUT2D eigenvalue weighted by atomic mass is 9.99. The first-order valence-electron chi connectivity index (χ1n) is 6.63. The van der Waals surface area contributed by atoms with Crippen molar-refractivity contribution in [2.24, 2.45) is 0 Å². The van der Waals surface area contributed by atoms with E-state index in [-0.39, 0.29) is 11.5 Å². The van der Waals surface area contributed by atoms with E-state index in [0.29, 0.717) is 23.3 Å². The molecule has 0 saturated carbocycles. The largest absolute Gasteiger partial charge is 0.508 e. The lowest BCUT2D eigenvalue weighted by Crippen LogP contribution is -2.25. The molecule has 1 N–H and O–H groups in total. The highest BCUT2D eigenvalue weighted by Gasteiger charge is 2.21. The van der Waals surface area contributed by atoms with Crippen LogP contribution in [0.25, 0.3) is 0 Å². The SMILES string of the molecule is COc1ccc(C(=O)C(Cc2ccccc2O)OC)cc1. The van der Waals surface area contributed by atoms with Crippen LogP contribution < -0.4 is 4.74 Å². The fourth-order valence-electron chi connectivity index (χ4n) is 2.11. The Hall–Kier alpha value is -2.33. The van der Waals surface area contributed by atoms with E-state index in [1.807, 2.05) is 6.07 Å². The van der Waals surface area contributed by atoms with Crippen LogP contribution in [-0.4, -0.2) is 31.2 Å². The second-order valence-electron chi connectivity index (χ2n) is 4.65. The molecular weight excluding hydrogens is 268 g/mol. The summed E-state index contributed by atoms with van der Waals surface area (Å²) in [6, 6.07) is 13.8. The van der Waals surface area contributed by atoms with Crippen molar-refractivity contribution < 1.29 is 19.4 Å². The number of hydrogen-bond donors (Lipinski definition) is 1. The van der Waals surface area contributed by atoms with Crippen molar-refractivity contribution in [2.75, 3.05) is 14.2 Å². The summed E-state index contributed by atoms with van der Waals surface area (Å²) in [5.41, 5.74) is 1.24. The Balaban J connectivity index is 2.16. The third-order valence-corrected chi connectivity index (χ3v) is 3.35. The molecule has 4 heteroatoms. The minimum Gasteiger partial charge on any atom is -0.508 e. The van der Waals surface area contributed by atoms with Crippen LogP contribution in [-0.2, 0) is 11.2 Å². The maximum absolute atomic E-state index is 12.4. The summed E-state index contributed by atoms with van der Waals surface area (Å²) in [7, 11) is 3.07. The Morgan fingerprint density at radius 2 is 1.76 bits per heavy atom. The number of rotatable bonds is 6. The molecule has 2 aromatic carbocycles. The maximum atomic E-state index is 12.4. The summed E-state index contributed by atoms with van der Waals surface area (Å²) in [6.45, 7) is 0. The van der Waals surface area contributed by atoms with E-state index < -0.39 is 6.10 Å². The van der Waals surface area contributed by atoms with Gasteiger partial charge in [0.2, 0.25) is 0 Å². The summed E-state index contributed by atoms with van der Waals surface area (Å²) in [5, 5.41) is 9.79. The van der Waals surface area contributed by atoms with E-state index in [9.17, 15) is 9.90 Å². The van der Waals surface area contributed by atoms with Crippen molar-refractivity contribution in [1.82, 2.24) is 0 Å². The number of carbonyl (C=O) groups excluding carboxylic acids is 1. The number of aromatic hydroxyl groups is 1. The van der Waals surface area contributed by atoms with Gasteiger partial charge in [-0.25, -0.2) is 0 Å². The average molecular weight is 286 g/mol. The van der Waals surface area contributed by atoms with Gasteiger partial charge in [-0.2, -0.15) is 0 Å². The molecule has 0 heterocycles. The second-order valence-corrected chi connectivity index (χ2v) is 4.65. The number of hydrogen-bond acceptors (Lipinski definition) is 4. The third-order valence-electron chi connectivity index (χ3n) is 3.35. The number of methoxy groups -OCH3 is 2. The fraction of sp³-hybridized carbons (Fsp3) is 0.235. The molecule has 0 saturated heterocycles. The highest BCUT2D eigenvalue weighted by atomic mass is 16.5. The van der Waals surface area contributed by atoms with E-state index in [0.717, 1.165) is 0 Å². The van der Waals surface area contributed by atoms with E-state index in [2.05, 4.69) is 0 Å². The molecular formula is C17H18O4. The summed E-state index contributed by atoms with van der Waals surface area (Å²) in [5.74, 6) is 0.742. The molecule has 0 aliphatic heterocycles. The van der Waals surface area contributed by atoms with Gasteiger partial charge in [-0.05, 0) is 35.9 Å². The molecule has 1 atom stereocenters. The number of phenolic OH excluding ortho intramolecular Hbond substituents is 1. The molecule has 0 amide bonds. The minimum atomic E-state index is -0.633. The summed E-state index contributed by atoms with van der Waals surface area (Å²) < 4.78 is 10.4. The predicted molar refractivity (Wildman–Crippen MR) is 79.9 cm³/mol. The summed E-state index contributed by atoms with van der Waals surface area (Å²) in [6.07, 6.45) is -0.305. The van der Waals surface area contributed by atoms with Crippen LogP contribution in [0.15, 0.2) is 48.5 Å². The molecule has 0 radical (unpaired) electrons. The van der Waals surface area contributed by atoms with E-state index in [1.165, 1.54) is 7.11 Å². The maximum Gasteiger partial charge on any atom is 0.191 e. The smallest absolute Gasteiger partial charge is 0.191 e. The third kappa shape index (κ3) is 3.61. The number of Topliss-reactive ketones (excluding diaryl/α,β-unsaturated/α-hetero) is 1. The standard InChI is InChI=1S/C17H18O4/c1-20-14-9-7-12(8-10-14)17(19)16(21-2)11-13-5-3-4-6-15(13)18/h3-10,16,18H,11H2,1-2H3. The zero-order valence-corrected chi connectivity index (χ0v) is 12.1. The predicted octanol–water partition coefficient (Wildman–Crippen LogP) is 2.84. The summed E-state index contributed by atoms with van der Waals surface area (Å²) >= 11 is 0. The van der Waals surface area contributed by atoms with Crippen molar-refractivity contribution >= 4 is 5.78 Å². The van der Waals surface area contributed by atoms with Crippen molar-refractivity contribution in [3.63, 3.8) is 0 Å². The average Bonchev–Trinajstić information content (AvgIpc) is 2.53. The van der Waals surface area contributed by atoms with Crippen LogP contribution in [0.3, 0.4) is 0 Å². The minimum absolute atomic E-state index is 0.122. The van der Waals surface area contributed by atoms with Crippen molar-refractivity contribution in [3.8, 4) is 11.5 Å². The van der Waals surface area contributed by atoms with E-state index in [1.54, 1.807) is 49.6 Å². The number of ketones is 1. The second kappa shape index (κ2) is 6.90. The van der Waals surface area contributed by atoms with Gasteiger partial charge < -0.3 is 14.6 Å². The molecule has 0 aliphatic rings. The molecule has 1 unspecified atom stereocenters. The number of phenols is 1. The Labute approximate surface area is 123 Å². The Morgan fingerprint density at radius 3 is 2.33 bits per heavy atom. The van der Waals surface area contributed by atoms with Crippen molar-refractivity contribution in [2.45, 2.75) is 12.5 Å². The first-order chi connectivity index (χ1) is 10.2. The highest BCUT2D eigenvalue weighted by Crippen LogP contribution is 2.20. The number of benzene rings is 2. The number of ether oxygens (including phenoxy) is 2. The van der Waals surface area contributed by atoms with Gasteiger partial charge in [-0.3, -0.25) is 4.79 Å². The monoisotopic (exact) mass is 286 g/mol. The van der Waals surface area contributed by atoms with Crippen molar-refractivity contribution in [3.05, 3.63) is 59.7 Å². The van der Waals surface area contributed by atoms with Crippen LogP contribution >= 0.6 is 0 Å². The number of carbonyl (C=O) groups is 1. The van der Waals surface area contributed by atoms with Gasteiger partial charge >= 0.3 is 0 Å². The normalized spacial score (nSPS) is 11.9. The van der Waals surface area contributed by atoms with Gasteiger partial charge in [0.25, 0.3) is 0 Å². The lowest BCUT2D eigenvalue weighted by Gasteiger charge is -2.15. The fourth-order valence-corrected chi connectivity index (χ4v) is 2.11. The van der Waals surface area contributed by atoms with Crippen molar-refractivity contribution in [1.29, 1.82) is 0 Å². The van der Waals surface area contributed by atoms with E-state index in [4.69, 9.17) is 9.47 Å². The van der Waals surface area contributed by atoms with Crippen LogP contribution in [0.5, 0.6) is 11.5 Å². The van der Waals surface area contributed by atoms with Gasteiger partial charge in [0.05, 0.1) is 7.11 Å². The molecule has 21 heavy (non-hydrogen) atoms. The van der Waals surface area contributed by atoms with Gasteiger partial charge in [-0.1, -0.05) is 18.2 Å². The highest BCUT2D eigenvalue weighted by molar-refractivity contribution is 5.99. The Kier molecular flexibility index (Phi) is 4.95. The first-order valence-corrected chi connectivity index (χ1v) is 6.63. The Morgan fingerprint density at radius 1 is 1.10 bits per heavy atom. The molecule has 0 aliphatic carbocycles. The lowest BCUT2D eigenvalue weighted by molar-refractivity contribution is 0.0605. The van der Waals surface area contributed by atoms with Crippen LogP contribution in [0.2, 0.25) is 0 Å². The quantitative estimate of drug-likeness (QED) is 0.830. The van der Waals surface area contributed by atoms with Crippen LogP contribution in [0, 0.1) is 0 Å². The van der Waals surface area contributed by atoms with Crippen LogP contribution in [0.4, 0.5) is 0 Å². The molecule has 0 fully saturated rings. The van der Waals surface area contributed by atoms with Crippen LogP contribution in [0.1, 0.15) is 15.9 Å². The zero-order chi connectivity index (χ0) is 15.2. The molecule has 110 valence electrons. The molecule has 2 rings (SSSR count). The molecule has 0 aromatic heterocycles. The summed E-state index contributed by atoms with van der Waals surface area (Å²) in [4.78, 5) is 12.4. The topological polar surface area (TPSA) is 55.8 Å². The molecule has 2 aromatic rings. The van der Waals surface area contributed by atoms with Gasteiger partial charge in [0.15, 0.2) is 5.78 Å².